The molecule has 0 heterocycles. The lowest BCUT2D eigenvalue weighted by Crippen LogP contribution is -2.27. The largest absolute Gasteiger partial charge is 0.391 e. The third-order valence-electron chi connectivity index (χ3n) is 2.51. The molecule has 66 valence electrons. The fourth-order valence-corrected chi connectivity index (χ4v) is 1.61. The van der Waals surface area contributed by atoms with Gasteiger partial charge in [-0.2, -0.15) is 5.26 Å². The van der Waals surface area contributed by atoms with Crippen LogP contribution in [0.2, 0.25) is 0 Å². The normalized spacial score (nSPS) is 27.6. The van der Waals surface area contributed by atoms with Gasteiger partial charge in [0.1, 0.15) is 0 Å². The molecule has 3 atom stereocenters. The molecule has 0 bridgehead atoms. The van der Waals surface area contributed by atoms with Crippen LogP contribution < -0.4 is 0 Å². The Bertz CT molecular complexity index is 204. The highest BCUT2D eigenvalue weighted by Crippen LogP contribution is 2.25. The van der Waals surface area contributed by atoms with Crippen molar-refractivity contribution >= 4 is 0 Å². The maximum absolute atomic E-state index is 9.69. The third kappa shape index (κ3) is 2.09. The zero-order chi connectivity index (χ0) is 8.97. The second kappa shape index (κ2) is 4.27. The van der Waals surface area contributed by atoms with E-state index in [-0.39, 0.29) is 5.92 Å². The third-order valence-corrected chi connectivity index (χ3v) is 2.51. The Balaban J connectivity index is 2.47. The summed E-state index contributed by atoms with van der Waals surface area (Å²) < 4.78 is 0. The molecule has 0 aliphatic heterocycles. The van der Waals surface area contributed by atoms with Crippen molar-refractivity contribution in [2.45, 2.75) is 32.3 Å². The van der Waals surface area contributed by atoms with Crippen LogP contribution >= 0.6 is 0 Å². The summed E-state index contributed by atoms with van der Waals surface area (Å²) in [5, 5.41) is 18.3. The molecule has 1 aliphatic carbocycles. The van der Waals surface area contributed by atoms with Gasteiger partial charge in [0.15, 0.2) is 0 Å². The molecule has 0 saturated heterocycles. The van der Waals surface area contributed by atoms with Crippen LogP contribution in [0.15, 0.2) is 12.2 Å². The molecule has 0 aromatic rings. The number of nitrogens with zero attached hydrogens (tertiary/aromatic N) is 1. The summed E-state index contributed by atoms with van der Waals surface area (Å²) in [7, 11) is 0. The Morgan fingerprint density at radius 1 is 1.58 bits per heavy atom. The molecule has 2 nitrogen and oxygen atoms in total. The second-order valence-corrected chi connectivity index (χ2v) is 3.45. The molecule has 0 radical (unpaired) electrons. The predicted octanol–water partition coefficient (Wildman–Crippen LogP) is 1.86. The second-order valence-electron chi connectivity index (χ2n) is 3.45. The van der Waals surface area contributed by atoms with E-state index in [2.05, 4.69) is 18.2 Å². The Morgan fingerprint density at radius 3 is 2.83 bits per heavy atom. The summed E-state index contributed by atoms with van der Waals surface area (Å²) in [6, 6.07) is 2.09. The fraction of sp³-hybridized carbons (Fsp3) is 0.700. The van der Waals surface area contributed by atoms with Gasteiger partial charge in [0.2, 0.25) is 0 Å². The number of hydrogen-bond donors (Lipinski definition) is 1. The van der Waals surface area contributed by atoms with Crippen molar-refractivity contribution in [2.24, 2.45) is 11.8 Å². The molecule has 1 N–H and O–H groups in total. The lowest BCUT2D eigenvalue weighted by atomic mass is 9.84. The zero-order valence-corrected chi connectivity index (χ0v) is 7.40. The van der Waals surface area contributed by atoms with E-state index in [1.165, 1.54) is 0 Å². The van der Waals surface area contributed by atoms with Crippen molar-refractivity contribution in [3.05, 3.63) is 12.2 Å². The Kier molecular flexibility index (Phi) is 3.31. The van der Waals surface area contributed by atoms with E-state index in [0.717, 1.165) is 19.3 Å². The van der Waals surface area contributed by atoms with Crippen LogP contribution in [0.4, 0.5) is 0 Å². The predicted molar refractivity (Wildman–Crippen MR) is 47.3 cm³/mol. The summed E-state index contributed by atoms with van der Waals surface area (Å²) in [5.41, 5.74) is 0. The monoisotopic (exact) mass is 165 g/mol. The van der Waals surface area contributed by atoms with Gasteiger partial charge in [0, 0.05) is 0 Å². The Hall–Kier alpha value is -0.810. The molecule has 0 amide bonds. The lowest BCUT2D eigenvalue weighted by Gasteiger charge is -2.24. The summed E-state index contributed by atoms with van der Waals surface area (Å²) >= 11 is 0. The van der Waals surface area contributed by atoms with Gasteiger partial charge in [-0.3, -0.25) is 0 Å². The molecule has 1 aliphatic rings. The van der Waals surface area contributed by atoms with Crippen molar-refractivity contribution in [3.63, 3.8) is 0 Å². The number of aliphatic hydroxyl groups excluding tert-OH is 1. The van der Waals surface area contributed by atoms with Crippen LogP contribution in [0.1, 0.15) is 26.2 Å². The number of hydrogen-bond acceptors (Lipinski definition) is 2. The van der Waals surface area contributed by atoms with E-state index in [0.29, 0.717) is 5.92 Å². The molecule has 2 heteroatoms. The summed E-state index contributed by atoms with van der Waals surface area (Å²) in [6.45, 7) is 1.78. The van der Waals surface area contributed by atoms with Gasteiger partial charge in [-0.25, -0.2) is 0 Å². The Morgan fingerprint density at radius 2 is 2.33 bits per heavy atom. The topological polar surface area (TPSA) is 44.0 Å². The number of aliphatic hydroxyl groups is 1. The molecule has 3 unspecified atom stereocenters. The first-order valence-electron chi connectivity index (χ1n) is 4.48. The van der Waals surface area contributed by atoms with E-state index in [1.807, 2.05) is 0 Å². The maximum Gasteiger partial charge on any atom is 0.0726 e. The molecule has 0 aromatic carbocycles. The number of rotatable bonds is 2. The summed E-state index contributed by atoms with van der Waals surface area (Å²) in [4.78, 5) is 0. The minimum absolute atomic E-state index is 0.235. The maximum atomic E-state index is 9.69. The number of allylic oxidation sites excluding steroid dienone is 2. The van der Waals surface area contributed by atoms with Crippen molar-refractivity contribution in [1.82, 2.24) is 0 Å². The lowest BCUT2D eigenvalue weighted by molar-refractivity contribution is 0.0727. The molecular weight excluding hydrogens is 150 g/mol. The molecule has 0 saturated carbocycles. The first-order valence-corrected chi connectivity index (χ1v) is 4.48. The minimum Gasteiger partial charge on any atom is -0.391 e. The van der Waals surface area contributed by atoms with Crippen LogP contribution in [0, 0.1) is 23.2 Å². The summed E-state index contributed by atoms with van der Waals surface area (Å²) in [6.07, 6.45) is 6.78. The quantitative estimate of drug-likeness (QED) is 0.635. The van der Waals surface area contributed by atoms with E-state index in [9.17, 15) is 5.11 Å². The number of nitriles is 1. The van der Waals surface area contributed by atoms with Crippen LogP contribution in [0.3, 0.4) is 0 Å². The highest BCUT2D eigenvalue weighted by molar-refractivity contribution is 4.96. The molecule has 0 fully saturated rings. The highest BCUT2D eigenvalue weighted by atomic mass is 16.3. The molecule has 1 rings (SSSR count). The van der Waals surface area contributed by atoms with Crippen LogP contribution in [-0.2, 0) is 0 Å². The first kappa shape index (κ1) is 9.28. The SMILES string of the molecule is CC(C#N)C(O)C1CC=CCC1. The fourth-order valence-electron chi connectivity index (χ4n) is 1.61. The van der Waals surface area contributed by atoms with Crippen molar-refractivity contribution in [3.8, 4) is 6.07 Å². The van der Waals surface area contributed by atoms with Crippen LogP contribution in [0.5, 0.6) is 0 Å². The Labute approximate surface area is 73.5 Å². The van der Waals surface area contributed by atoms with Gasteiger partial charge in [-0.15, -0.1) is 0 Å². The zero-order valence-electron chi connectivity index (χ0n) is 7.40. The van der Waals surface area contributed by atoms with E-state index < -0.39 is 6.10 Å². The van der Waals surface area contributed by atoms with Gasteiger partial charge < -0.3 is 5.11 Å². The van der Waals surface area contributed by atoms with Crippen LogP contribution in [0.25, 0.3) is 0 Å². The van der Waals surface area contributed by atoms with E-state index in [4.69, 9.17) is 5.26 Å². The van der Waals surface area contributed by atoms with Gasteiger partial charge >= 0.3 is 0 Å². The van der Waals surface area contributed by atoms with Gasteiger partial charge in [-0.05, 0) is 32.1 Å². The average Bonchev–Trinajstić information content (AvgIpc) is 2.17. The molecular formula is C10H15NO. The van der Waals surface area contributed by atoms with Crippen molar-refractivity contribution < 1.29 is 5.11 Å². The minimum atomic E-state index is -0.444. The first-order chi connectivity index (χ1) is 5.75. The van der Waals surface area contributed by atoms with Crippen LogP contribution in [-0.4, -0.2) is 11.2 Å². The van der Waals surface area contributed by atoms with Gasteiger partial charge in [0.05, 0.1) is 18.1 Å². The highest BCUT2D eigenvalue weighted by Gasteiger charge is 2.24. The van der Waals surface area contributed by atoms with Crippen molar-refractivity contribution in [2.75, 3.05) is 0 Å². The average molecular weight is 165 g/mol. The molecule has 0 aromatic heterocycles. The van der Waals surface area contributed by atoms with Gasteiger partial charge in [-0.1, -0.05) is 12.2 Å². The molecule has 12 heavy (non-hydrogen) atoms. The smallest absolute Gasteiger partial charge is 0.0726 e. The molecule has 0 spiro atoms. The van der Waals surface area contributed by atoms with E-state index in [1.54, 1.807) is 6.92 Å². The standard InChI is InChI=1S/C10H15NO/c1-8(7-11)10(12)9-5-3-2-4-6-9/h2-3,8-10,12H,4-6H2,1H3. The van der Waals surface area contributed by atoms with E-state index >= 15 is 0 Å². The van der Waals surface area contributed by atoms with Crippen molar-refractivity contribution in [1.29, 1.82) is 5.26 Å². The summed E-state index contributed by atoms with van der Waals surface area (Å²) in [5.74, 6) is 0.0612. The van der Waals surface area contributed by atoms with Gasteiger partial charge in [0.25, 0.3) is 0 Å².